The van der Waals surface area contributed by atoms with Gasteiger partial charge in [-0.25, -0.2) is 9.59 Å². The first-order chi connectivity index (χ1) is 14.7. The summed E-state index contributed by atoms with van der Waals surface area (Å²) in [5.74, 6) is -2.69. The van der Waals surface area contributed by atoms with E-state index in [0.29, 0.717) is 23.4 Å². The van der Waals surface area contributed by atoms with Gasteiger partial charge in [0.25, 0.3) is 5.69 Å². The van der Waals surface area contributed by atoms with Crippen LogP contribution in [0.5, 0.6) is 0 Å². The van der Waals surface area contributed by atoms with Crippen molar-refractivity contribution in [2.75, 3.05) is 13.7 Å². The van der Waals surface area contributed by atoms with E-state index in [1.54, 1.807) is 19.9 Å². The molecule has 0 bridgehead atoms. The van der Waals surface area contributed by atoms with E-state index in [1.165, 1.54) is 25.3 Å². The number of dihydropyridines is 1. The van der Waals surface area contributed by atoms with E-state index < -0.39 is 28.9 Å². The number of carbonyl (C=O) groups is 3. The second kappa shape index (κ2) is 8.99. The number of allylic oxidation sites excluding steroid dienone is 2. The fraction of sp³-hybridized carbons (Fsp3) is 0.381. The lowest BCUT2D eigenvalue weighted by Gasteiger charge is -2.30. The molecule has 1 N–H and O–H groups in total. The van der Waals surface area contributed by atoms with Crippen LogP contribution in [-0.2, 0) is 28.6 Å². The molecular formula is C21H22N2O8. The first kappa shape index (κ1) is 22.0. The van der Waals surface area contributed by atoms with Crippen LogP contribution < -0.4 is 5.32 Å². The average Bonchev–Trinajstić information content (AvgIpc) is 3.16. The largest absolute Gasteiger partial charge is 0.466 e. The van der Waals surface area contributed by atoms with Gasteiger partial charge in [0, 0.05) is 29.9 Å². The maximum atomic E-state index is 13.0. The van der Waals surface area contributed by atoms with Gasteiger partial charge in [0.1, 0.15) is 12.7 Å². The molecule has 2 aliphatic heterocycles. The van der Waals surface area contributed by atoms with E-state index in [0.717, 1.165) is 0 Å². The molecule has 0 radical (unpaired) electrons. The number of rotatable bonds is 6. The third-order valence-electron chi connectivity index (χ3n) is 5.17. The van der Waals surface area contributed by atoms with Gasteiger partial charge < -0.3 is 19.5 Å². The van der Waals surface area contributed by atoms with Crippen LogP contribution in [0.1, 0.15) is 38.2 Å². The summed E-state index contributed by atoms with van der Waals surface area (Å²) in [6.07, 6.45) is 0.182. The average molecular weight is 430 g/mol. The molecule has 2 unspecified atom stereocenters. The van der Waals surface area contributed by atoms with Crippen molar-refractivity contribution >= 4 is 23.6 Å². The molecule has 0 saturated carbocycles. The van der Waals surface area contributed by atoms with E-state index >= 15 is 0 Å². The summed E-state index contributed by atoms with van der Waals surface area (Å²) < 4.78 is 15.4. The Hall–Kier alpha value is -3.69. The molecular weight excluding hydrogens is 408 g/mol. The van der Waals surface area contributed by atoms with Crippen LogP contribution in [0, 0.1) is 10.1 Å². The Morgan fingerprint density at radius 2 is 1.90 bits per heavy atom. The number of nitrogens with one attached hydrogen (secondary N) is 1. The fourth-order valence-electron chi connectivity index (χ4n) is 3.74. The van der Waals surface area contributed by atoms with Crippen LogP contribution in [-0.4, -0.2) is 42.7 Å². The summed E-state index contributed by atoms with van der Waals surface area (Å²) in [6.45, 7) is 3.17. The second-order valence-corrected chi connectivity index (χ2v) is 7.23. The number of nitro benzene ring substituents is 1. The predicted octanol–water partition coefficient (Wildman–Crippen LogP) is 2.25. The Kier molecular flexibility index (Phi) is 6.38. The smallest absolute Gasteiger partial charge is 0.336 e. The van der Waals surface area contributed by atoms with Crippen LogP contribution in [0.15, 0.2) is 46.8 Å². The highest BCUT2D eigenvalue weighted by Crippen LogP contribution is 2.40. The number of hydrogen-bond acceptors (Lipinski definition) is 9. The van der Waals surface area contributed by atoms with Gasteiger partial charge >= 0.3 is 17.9 Å². The minimum atomic E-state index is -0.938. The van der Waals surface area contributed by atoms with E-state index in [4.69, 9.17) is 14.2 Å². The zero-order valence-corrected chi connectivity index (χ0v) is 17.3. The Balaban J connectivity index is 2.00. The lowest BCUT2D eigenvalue weighted by atomic mass is 9.80. The van der Waals surface area contributed by atoms with E-state index in [9.17, 15) is 24.5 Å². The topological polar surface area (TPSA) is 134 Å². The molecule has 0 aliphatic carbocycles. The Bertz CT molecular complexity index is 1010. The molecule has 1 aromatic rings. The minimum Gasteiger partial charge on any atom is -0.466 e. The number of benzene rings is 1. The molecule has 10 nitrogen and oxygen atoms in total. The molecule has 2 heterocycles. The highest BCUT2D eigenvalue weighted by Gasteiger charge is 2.38. The molecule has 0 spiro atoms. The molecule has 31 heavy (non-hydrogen) atoms. The number of esters is 3. The number of nitro groups is 1. The monoisotopic (exact) mass is 430 g/mol. The van der Waals surface area contributed by atoms with Crippen molar-refractivity contribution in [3.63, 3.8) is 0 Å². The number of nitrogens with zero attached hydrogens (tertiary/aromatic N) is 1. The van der Waals surface area contributed by atoms with Crippen LogP contribution >= 0.6 is 0 Å². The van der Waals surface area contributed by atoms with Crippen LogP contribution in [0.3, 0.4) is 0 Å². The van der Waals surface area contributed by atoms with Crippen molar-refractivity contribution in [2.24, 2.45) is 0 Å². The molecule has 1 aromatic carbocycles. The summed E-state index contributed by atoms with van der Waals surface area (Å²) in [6, 6.07) is 5.71. The van der Waals surface area contributed by atoms with Crippen LogP contribution in [0.2, 0.25) is 0 Å². The normalized spacial score (nSPS) is 20.8. The lowest BCUT2D eigenvalue weighted by molar-refractivity contribution is -0.384. The highest BCUT2D eigenvalue weighted by atomic mass is 16.6. The summed E-state index contributed by atoms with van der Waals surface area (Å²) >= 11 is 0. The minimum absolute atomic E-state index is 0.121. The van der Waals surface area contributed by atoms with Gasteiger partial charge in [-0.1, -0.05) is 12.1 Å². The SMILES string of the molecule is COC(=O)C1=C(C)NC(C)=C(C(=O)OCC2CCC(=O)O2)C1c1cccc([N+](=O)[O-])c1. The molecule has 1 saturated heterocycles. The molecule has 0 aromatic heterocycles. The molecule has 10 heteroatoms. The van der Waals surface area contributed by atoms with Crippen molar-refractivity contribution in [3.05, 3.63) is 62.5 Å². The van der Waals surface area contributed by atoms with Crippen LogP contribution in [0.25, 0.3) is 0 Å². The summed E-state index contributed by atoms with van der Waals surface area (Å²) in [4.78, 5) is 47.6. The molecule has 2 atom stereocenters. The third-order valence-corrected chi connectivity index (χ3v) is 5.17. The number of hydrogen-bond donors (Lipinski definition) is 1. The standard InChI is InChI=1S/C21H22N2O8/c1-11-17(20(25)29-3)19(13-5-4-6-14(9-13)23(27)28)18(12(2)22-11)21(26)30-10-15-7-8-16(24)31-15/h4-6,9,15,19,22H,7-8,10H2,1-3H3. The summed E-state index contributed by atoms with van der Waals surface area (Å²) in [7, 11) is 1.21. The second-order valence-electron chi connectivity index (χ2n) is 7.23. The Labute approximate surface area is 178 Å². The van der Waals surface area contributed by atoms with E-state index in [2.05, 4.69) is 5.32 Å². The molecule has 2 aliphatic rings. The fourth-order valence-corrected chi connectivity index (χ4v) is 3.74. The number of carbonyl (C=O) groups excluding carboxylic acids is 3. The molecule has 3 rings (SSSR count). The maximum absolute atomic E-state index is 13.0. The van der Waals surface area contributed by atoms with Crippen molar-refractivity contribution in [1.82, 2.24) is 5.32 Å². The number of cyclic esters (lactones) is 1. The number of ether oxygens (including phenoxy) is 3. The Morgan fingerprint density at radius 3 is 2.48 bits per heavy atom. The van der Waals surface area contributed by atoms with Crippen LogP contribution in [0.4, 0.5) is 5.69 Å². The van der Waals surface area contributed by atoms with Gasteiger partial charge in [0.05, 0.1) is 29.1 Å². The predicted molar refractivity (Wildman–Crippen MR) is 106 cm³/mol. The van der Waals surface area contributed by atoms with Crippen molar-refractivity contribution in [3.8, 4) is 0 Å². The first-order valence-electron chi connectivity index (χ1n) is 9.60. The number of non-ortho nitro benzene ring substituents is 1. The number of methoxy groups -OCH3 is 1. The van der Waals surface area contributed by atoms with Gasteiger partial charge in [0.2, 0.25) is 0 Å². The third kappa shape index (κ3) is 4.57. The zero-order chi connectivity index (χ0) is 22.7. The molecule has 164 valence electrons. The molecule has 0 amide bonds. The Morgan fingerprint density at radius 1 is 1.23 bits per heavy atom. The maximum Gasteiger partial charge on any atom is 0.336 e. The lowest BCUT2D eigenvalue weighted by Crippen LogP contribution is -2.33. The highest BCUT2D eigenvalue weighted by molar-refractivity contribution is 5.99. The van der Waals surface area contributed by atoms with Gasteiger partial charge in [-0.3, -0.25) is 14.9 Å². The van der Waals surface area contributed by atoms with Crippen molar-refractivity contribution in [2.45, 2.75) is 38.7 Å². The van der Waals surface area contributed by atoms with Gasteiger partial charge in [-0.2, -0.15) is 0 Å². The summed E-state index contributed by atoms with van der Waals surface area (Å²) in [5.41, 5.74) is 1.36. The zero-order valence-electron chi connectivity index (χ0n) is 17.3. The first-order valence-corrected chi connectivity index (χ1v) is 9.60. The molecule has 1 fully saturated rings. The summed E-state index contributed by atoms with van der Waals surface area (Å²) in [5, 5.41) is 14.3. The van der Waals surface area contributed by atoms with Gasteiger partial charge in [-0.15, -0.1) is 0 Å². The van der Waals surface area contributed by atoms with E-state index in [-0.39, 0.29) is 35.8 Å². The van der Waals surface area contributed by atoms with E-state index in [1.807, 2.05) is 0 Å². The van der Waals surface area contributed by atoms with Crippen molar-refractivity contribution < 1.29 is 33.5 Å². The van der Waals surface area contributed by atoms with Crippen molar-refractivity contribution in [1.29, 1.82) is 0 Å². The van der Waals surface area contributed by atoms with Gasteiger partial charge in [0.15, 0.2) is 0 Å². The quantitative estimate of drug-likeness (QED) is 0.312. The van der Waals surface area contributed by atoms with Gasteiger partial charge in [-0.05, 0) is 25.8 Å².